The summed E-state index contributed by atoms with van der Waals surface area (Å²) in [4.78, 5) is 10.3. The maximum absolute atomic E-state index is 11.7. The summed E-state index contributed by atoms with van der Waals surface area (Å²) < 4.78 is 26.7. The summed E-state index contributed by atoms with van der Waals surface area (Å²) in [5, 5.41) is 21.2. The fourth-order valence-corrected chi connectivity index (χ4v) is 2.19. The molecule has 0 radical (unpaired) electrons. The summed E-state index contributed by atoms with van der Waals surface area (Å²) >= 11 is 0. The van der Waals surface area contributed by atoms with E-state index in [-0.39, 0.29) is 11.4 Å². The van der Waals surface area contributed by atoms with Crippen molar-refractivity contribution in [1.82, 2.24) is 14.5 Å². The number of aliphatic carboxylic acids is 1. The van der Waals surface area contributed by atoms with Crippen LogP contribution in [0.3, 0.4) is 0 Å². The summed E-state index contributed by atoms with van der Waals surface area (Å²) in [5.41, 5.74) is 0. The van der Waals surface area contributed by atoms with E-state index in [0.717, 1.165) is 17.1 Å². The molecule has 0 bridgehead atoms. The fraction of sp³-hybridized carbons (Fsp3) is 0.556. The van der Waals surface area contributed by atoms with Gasteiger partial charge in [-0.1, -0.05) is 0 Å². The smallest absolute Gasteiger partial charge is 0.325 e. The van der Waals surface area contributed by atoms with Crippen LogP contribution in [-0.4, -0.2) is 47.0 Å². The Morgan fingerprint density at radius 3 is 2.83 bits per heavy atom. The second-order valence-corrected chi connectivity index (χ2v) is 5.57. The lowest BCUT2D eigenvalue weighted by atomic mass is 10.3. The first-order valence-electron chi connectivity index (χ1n) is 5.23. The van der Waals surface area contributed by atoms with Gasteiger partial charge in [-0.2, -0.15) is 5.10 Å². The van der Waals surface area contributed by atoms with Gasteiger partial charge in [0.1, 0.15) is 11.4 Å². The Bertz CT molecular complexity index is 508. The molecule has 102 valence electrons. The van der Waals surface area contributed by atoms with Gasteiger partial charge in [0.2, 0.25) is 10.0 Å². The summed E-state index contributed by atoms with van der Waals surface area (Å²) in [6.07, 6.45) is 1.91. The van der Waals surface area contributed by atoms with Crippen molar-refractivity contribution < 1.29 is 23.4 Å². The molecule has 0 saturated carbocycles. The average molecular weight is 277 g/mol. The Morgan fingerprint density at radius 1 is 1.61 bits per heavy atom. The molecule has 0 aliphatic rings. The summed E-state index contributed by atoms with van der Waals surface area (Å²) in [6, 6.07) is 0. The number of carboxylic acids is 1. The summed E-state index contributed by atoms with van der Waals surface area (Å²) in [6.45, 7) is 1.26. The van der Waals surface area contributed by atoms with E-state index in [1.165, 1.54) is 0 Å². The monoisotopic (exact) mass is 277 g/mol. The zero-order chi connectivity index (χ0) is 13.8. The van der Waals surface area contributed by atoms with Crippen LogP contribution in [-0.2, 0) is 21.4 Å². The minimum Gasteiger partial charge on any atom is -0.480 e. The third-order valence-electron chi connectivity index (χ3n) is 2.07. The number of aromatic nitrogens is 2. The second kappa shape index (κ2) is 5.94. The Balaban J connectivity index is 2.67. The van der Waals surface area contributed by atoms with Crippen molar-refractivity contribution in [1.29, 1.82) is 0 Å². The normalized spacial score (nSPS) is 13.4. The van der Waals surface area contributed by atoms with Gasteiger partial charge in [-0.25, -0.2) is 13.1 Å². The van der Waals surface area contributed by atoms with Gasteiger partial charge in [0.15, 0.2) is 0 Å². The first kappa shape index (κ1) is 14.6. The number of nitrogens with one attached hydrogen (secondary N) is 1. The SMILES string of the molecule is CC(O)CCNS(=O)(=O)c1cnn(CC(=O)O)c1. The number of aliphatic hydroxyl groups excluding tert-OH is 1. The lowest BCUT2D eigenvalue weighted by Crippen LogP contribution is -2.26. The van der Waals surface area contributed by atoms with Crippen LogP contribution in [0, 0.1) is 0 Å². The van der Waals surface area contributed by atoms with Crippen molar-refractivity contribution >= 4 is 16.0 Å². The number of hydrogen-bond acceptors (Lipinski definition) is 5. The van der Waals surface area contributed by atoms with Crippen LogP contribution in [0.25, 0.3) is 0 Å². The minimum atomic E-state index is -3.71. The van der Waals surface area contributed by atoms with Gasteiger partial charge >= 0.3 is 5.97 Å². The topological polar surface area (TPSA) is 122 Å². The van der Waals surface area contributed by atoms with Gasteiger partial charge in [0.25, 0.3) is 0 Å². The molecule has 18 heavy (non-hydrogen) atoms. The van der Waals surface area contributed by atoms with E-state index < -0.39 is 28.6 Å². The lowest BCUT2D eigenvalue weighted by Gasteiger charge is -2.05. The van der Waals surface area contributed by atoms with E-state index in [2.05, 4.69) is 9.82 Å². The predicted molar refractivity (Wildman–Crippen MR) is 61.3 cm³/mol. The van der Waals surface area contributed by atoms with E-state index >= 15 is 0 Å². The Kier molecular flexibility index (Phi) is 4.82. The molecule has 9 heteroatoms. The van der Waals surface area contributed by atoms with Crippen molar-refractivity contribution in [3.8, 4) is 0 Å². The molecular formula is C9H15N3O5S. The number of nitrogens with zero attached hydrogens (tertiary/aromatic N) is 2. The van der Waals surface area contributed by atoms with Crippen LogP contribution < -0.4 is 4.72 Å². The predicted octanol–water partition coefficient (Wildman–Crippen LogP) is -0.983. The van der Waals surface area contributed by atoms with E-state index in [1.54, 1.807) is 6.92 Å². The van der Waals surface area contributed by atoms with Crippen LogP contribution >= 0.6 is 0 Å². The van der Waals surface area contributed by atoms with E-state index in [0.29, 0.717) is 6.42 Å². The number of carboxylic acid groups (broad SMARTS) is 1. The number of hydrogen-bond donors (Lipinski definition) is 3. The average Bonchev–Trinajstić information content (AvgIpc) is 2.64. The van der Waals surface area contributed by atoms with Gasteiger partial charge in [0.05, 0.1) is 12.3 Å². The van der Waals surface area contributed by atoms with E-state index in [1.807, 2.05) is 0 Å². The van der Waals surface area contributed by atoms with Gasteiger partial charge in [0, 0.05) is 12.7 Å². The molecule has 0 fully saturated rings. The van der Waals surface area contributed by atoms with Crippen molar-refractivity contribution in [3.63, 3.8) is 0 Å². The van der Waals surface area contributed by atoms with Crippen LogP contribution in [0.2, 0.25) is 0 Å². The third kappa shape index (κ3) is 4.43. The quantitative estimate of drug-likeness (QED) is 0.588. The third-order valence-corrected chi connectivity index (χ3v) is 3.49. The molecule has 0 spiro atoms. The maximum Gasteiger partial charge on any atom is 0.325 e. The van der Waals surface area contributed by atoms with Crippen LogP contribution in [0.5, 0.6) is 0 Å². The van der Waals surface area contributed by atoms with Crippen molar-refractivity contribution in [2.24, 2.45) is 0 Å². The highest BCUT2D eigenvalue weighted by Crippen LogP contribution is 2.06. The molecule has 0 aliphatic carbocycles. The Labute approximate surface area is 104 Å². The first-order chi connectivity index (χ1) is 8.31. The summed E-state index contributed by atoms with van der Waals surface area (Å²) in [5.74, 6) is -1.11. The Morgan fingerprint density at radius 2 is 2.28 bits per heavy atom. The van der Waals surface area contributed by atoms with Crippen LogP contribution in [0.1, 0.15) is 13.3 Å². The number of aliphatic hydroxyl groups is 1. The Hall–Kier alpha value is -1.45. The van der Waals surface area contributed by atoms with E-state index in [4.69, 9.17) is 10.2 Å². The molecule has 3 N–H and O–H groups in total. The van der Waals surface area contributed by atoms with Gasteiger partial charge in [-0.15, -0.1) is 0 Å². The standard InChI is InChI=1S/C9H15N3O5S/c1-7(13)2-3-11-18(16,17)8-4-10-12(5-8)6-9(14)15/h4-5,7,11,13H,2-3,6H2,1H3,(H,14,15). The molecule has 1 unspecified atom stereocenters. The lowest BCUT2D eigenvalue weighted by molar-refractivity contribution is -0.137. The minimum absolute atomic E-state index is 0.101. The zero-order valence-corrected chi connectivity index (χ0v) is 10.6. The largest absolute Gasteiger partial charge is 0.480 e. The fourth-order valence-electron chi connectivity index (χ4n) is 1.19. The second-order valence-electron chi connectivity index (χ2n) is 3.80. The van der Waals surface area contributed by atoms with Crippen molar-refractivity contribution in [3.05, 3.63) is 12.4 Å². The molecule has 1 aromatic rings. The first-order valence-corrected chi connectivity index (χ1v) is 6.71. The number of sulfonamides is 1. The van der Waals surface area contributed by atoms with Gasteiger partial charge in [-0.3, -0.25) is 9.48 Å². The molecule has 0 amide bonds. The van der Waals surface area contributed by atoms with Crippen molar-refractivity contribution in [2.45, 2.75) is 30.9 Å². The van der Waals surface area contributed by atoms with Crippen LogP contribution in [0.15, 0.2) is 17.3 Å². The number of rotatable bonds is 7. The van der Waals surface area contributed by atoms with Crippen LogP contribution in [0.4, 0.5) is 0 Å². The highest BCUT2D eigenvalue weighted by Gasteiger charge is 2.16. The molecular weight excluding hydrogens is 262 g/mol. The molecule has 1 heterocycles. The van der Waals surface area contributed by atoms with Gasteiger partial charge in [-0.05, 0) is 13.3 Å². The maximum atomic E-state index is 11.7. The number of carbonyl (C=O) groups is 1. The summed E-state index contributed by atoms with van der Waals surface area (Å²) in [7, 11) is -3.71. The molecule has 0 saturated heterocycles. The highest BCUT2D eigenvalue weighted by molar-refractivity contribution is 7.89. The molecule has 1 atom stereocenters. The molecule has 0 aromatic carbocycles. The van der Waals surface area contributed by atoms with E-state index in [9.17, 15) is 13.2 Å². The molecule has 8 nitrogen and oxygen atoms in total. The molecule has 0 aliphatic heterocycles. The molecule has 1 aromatic heterocycles. The van der Waals surface area contributed by atoms with Gasteiger partial charge < -0.3 is 10.2 Å². The molecule has 1 rings (SSSR count). The zero-order valence-electron chi connectivity index (χ0n) is 9.78. The highest BCUT2D eigenvalue weighted by atomic mass is 32.2. The van der Waals surface area contributed by atoms with Crippen molar-refractivity contribution in [2.75, 3.05) is 6.54 Å².